The highest BCUT2D eigenvalue weighted by molar-refractivity contribution is 6.43. The molecule has 1 fully saturated rings. The molecule has 1 aromatic heterocycles. The van der Waals surface area contributed by atoms with Crippen molar-refractivity contribution in [3.8, 4) is 11.3 Å². The van der Waals surface area contributed by atoms with Crippen molar-refractivity contribution in [3.63, 3.8) is 0 Å². The average molecular weight is 475 g/mol. The number of morpholine rings is 1. The average Bonchev–Trinajstić information content (AvgIpc) is 3.31. The van der Waals surface area contributed by atoms with Crippen molar-refractivity contribution in [2.24, 2.45) is 0 Å². The van der Waals surface area contributed by atoms with Crippen LogP contribution in [0.5, 0.6) is 0 Å². The summed E-state index contributed by atoms with van der Waals surface area (Å²) in [5.41, 5.74) is 2.16. The van der Waals surface area contributed by atoms with Crippen LogP contribution in [0.15, 0.2) is 52.9 Å². The van der Waals surface area contributed by atoms with Crippen LogP contribution in [0.4, 0.5) is 11.4 Å². The van der Waals surface area contributed by atoms with Crippen LogP contribution in [0.2, 0.25) is 10.0 Å². The topological polar surface area (TPSA) is 81.0 Å². The predicted octanol–water partition coefficient (Wildman–Crippen LogP) is 5.13. The SMILES string of the molecule is COC(=O)c1ccc(N2CCOCC2)c(NC(=O)c2ccc(-c3cccc(Cl)c3Cl)o2)c1. The maximum atomic E-state index is 13.0. The highest BCUT2D eigenvalue weighted by Crippen LogP contribution is 2.35. The van der Waals surface area contributed by atoms with Crippen LogP contribution in [0.1, 0.15) is 20.9 Å². The molecule has 4 rings (SSSR count). The van der Waals surface area contributed by atoms with E-state index >= 15 is 0 Å². The van der Waals surface area contributed by atoms with E-state index in [1.54, 1.807) is 48.5 Å². The Morgan fingerprint density at radius 3 is 2.59 bits per heavy atom. The lowest BCUT2D eigenvalue weighted by Gasteiger charge is -2.30. The first-order chi connectivity index (χ1) is 15.5. The maximum absolute atomic E-state index is 13.0. The highest BCUT2D eigenvalue weighted by Gasteiger charge is 2.21. The summed E-state index contributed by atoms with van der Waals surface area (Å²) in [4.78, 5) is 27.1. The zero-order chi connectivity index (χ0) is 22.7. The van der Waals surface area contributed by atoms with Gasteiger partial charge in [0, 0.05) is 18.7 Å². The lowest BCUT2D eigenvalue weighted by molar-refractivity contribution is 0.0600. The zero-order valence-electron chi connectivity index (χ0n) is 17.2. The quantitative estimate of drug-likeness (QED) is 0.516. The number of nitrogens with one attached hydrogen (secondary N) is 1. The number of halogens is 2. The van der Waals surface area contributed by atoms with Gasteiger partial charge in [0.25, 0.3) is 5.91 Å². The molecule has 2 heterocycles. The van der Waals surface area contributed by atoms with Gasteiger partial charge in [-0.15, -0.1) is 0 Å². The lowest BCUT2D eigenvalue weighted by atomic mass is 10.1. The second-order valence-corrected chi connectivity index (χ2v) is 7.83. The van der Waals surface area contributed by atoms with Gasteiger partial charge in [0.15, 0.2) is 5.76 Å². The Morgan fingerprint density at radius 2 is 1.84 bits per heavy atom. The number of rotatable bonds is 5. The normalized spacial score (nSPS) is 13.7. The molecule has 0 radical (unpaired) electrons. The molecule has 0 bridgehead atoms. The van der Waals surface area contributed by atoms with E-state index in [1.165, 1.54) is 7.11 Å². The Kier molecular flexibility index (Phi) is 6.69. The van der Waals surface area contributed by atoms with E-state index in [4.69, 9.17) is 37.1 Å². The Hall–Kier alpha value is -3.00. The predicted molar refractivity (Wildman–Crippen MR) is 123 cm³/mol. The smallest absolute Gasteiger partial charge is 0.337 e. The van der Waals surface area contributed by atoms with Crippen LogP contribution < -0.4 is 10.2 Å². The summed E-state index contributed by atoms with van der Waals surface area (Å²) < 4.78 is 16.0. The van der Waals surface area contributed by atoms with Gasteiger partial charge in [-0.3, -0.25) is 4.79 Å². The minimum Gasteiger partial charge on any atom is -0.465 e. The fourth-order valence-electron chi connectivity index (χ4n) is 3.44. The number of amides is 1. The molecule has 7 nitrogen and oxygen atoms in total. The molecule has 1 saturated heterocycles. The van der Waals surface area contributed by atoms with Gasteiger partial charge in [0.2, 0.25) is 0 Å². The number of furan rings is 1. The first-order valence-electron chi connectivity index (χ1n) is 9.88. The summed E-state index contributed by atoms with van der Waals surface area (Å²) in [6, 6.07) is 13.4. The van der Waals surface area contributed by atoms with E-state index in [2.05, 4.69) is 10.2 Å². The molecule has 2 aromatic carbocycles. The number of ether oxygens (including phenoxy) is 2. The molecule has 0 unspecified atom stereocenters. The van der Waals surface area contributed by atoms with E-state index in [-0.39, 0.29) is 5.76 Å². The molecule has 0 aliphatic carbocycles. The van der Waals surface area contributed by atoms with Gasteiger partial charge >= 0.3 is 5.97 Å². The number of nitrogens with zero attached hydrogens (tertiary/aromatic N) is 1. The molecular weight excluding hydrogens is 455 g/mol. The molecule has 3 aromatic rings. The van der Waals surface area contributed by atoms with Gasteiger partial charge in [0.1, 0.15) is 5.76 Å². The van der Waals surface area contributed by atoms with Gasteiger partial charge in [0.05, 0.1) is 47.3 Å². The summed E-state index contributed by atoms with van der Waals surface area (Å²) in [5.74, 6) is -0.456. The van der Waals surface area contributed by atoms with Gasteiger partial charge in [-0.25, -0.2) is 4.79 Å². The Bertz CT molecular complexity index is 1160. The van der Waals surface area contributed by atoms with E-state index in [0.717, 1.165) is 5.69 Å². The van der Waals surface area contributed by atoms with E-state index in [9.17, 15) is 9.59 Å². The largest absolute Gasteiger partial charge is 0.465 e. The van der Waals surface area contributed by atoms with Crippen molar-refractivity contribution in [1.29, 1.82) is 0 Å². The third-order valence-corrected chi connectivity index (χ3v) is 5.88. The third kappa shape index (κ3) is 4.60. The summed E-state index contributed by atoms with van der Waals surface area (Å²) in [5, 5.41) is 3.59. The van der Waals surface area contributed by atoms with E-state index in [1.807, 2.05) is 0 Å². The van der Waals surface area contributed by atoms with Gasteiger partial charge < -0.3 is 24.1 Å². The van der Waals surface area contributed by atoms with E-state index in [0.29, 0.717) is 58.9 Å². The number of methoxy groups -OCH3 is 1. The van der Waals surface area contributed by atoms with E-state index < -0.39 is 11.9 Å². The highest BCUT2D eigenvalue weighted by atomic mass is 35.5. The first kappa shape index (κ1) is 22.2. The monoisotopic (exact) mass is 474 g/mol. The molecule has 1 aliphatic rings. The second-order valence-electron chi connectivity index (χ2n) is 7.04. The Labute approximate surface area is 194 Å². The van der Waals surface area contributed by atoms with Crippen molar-refractivity contribution in [2.45, 2.75) is 0 Å². The number of esters is 1. The minimum absolute atomic E-state index is 0.0902. The number of hydrogen-bond acceptors (Lipinski definition) is 6. The van der Waals surface area contributed by atoms with Crippen LogP contribution in [-0.4, -0.2) is 45.3 Å². The Morgan fingerprint density at radius 1 is 1.06 bits per heavy atom. The van der Waals surface area contributed by atoms with Crippen LogP contribution in [0.25, 0.3) is 11.3 Å². The molecule has 32 heavy (non-hydrogen) atoms. The summed E-state index contributed by atoms with van der Waals surface area (Å²) in [6.45, 7) is 2.49. The van der Waals surface area contributed by atoms with Crippen LogP contribution in [0, 0.1) is 0 Å². The van der Waals surface area contributed by atoms with Crippen LogP contribution >= 0.6 is 23.2 Å². The molecule has 166 valence electrons. The van der Waals surface area contributed by atoms with Crippen molar-refractivity contribution in [2.75, 3.05) is 43.6 Å². The Balaban J connectivity index is 1.62. The van der Waals surface area contributed by atoms with Crippen LogP contribution in [-0.2, 0) is 9.47 Å². The molecule has 1 N–H and O–H groups in total. The maximum Gasteiger partial charge on any atom is 0.337 e. The summed E-state index contributed by atoms with van der Waals surface area (Å²) in [6.07, 6.45) is 0. The summed E-state index contributed by atoms with van der Waals surface area (Å²) in [7, 11) is 1.31. The van der Waals surface area contributed by atoms with Gasteiger partial charge in [-0.05, 0) is 42.5 Å². The first-order valence-corrected chi connectivity index (χ1v) is 10.6. The van der Waals surface area contributed by atoms with Crippen molar-refractivity contribution in [3.05, 3.63) is 69.9 Å². The van der Waals surface area contributed by atoms with Crippen molar-refractivity contribution < 1.29 is 23.5 Å². The lowest BCUT2D eigenvalue weighted by Crippen LogP contribution is -2.36. The fourth-order valence-corrected chi connectivity index (χ4v) is 3.84. The number of hydrogen-bond donors (Lipinski definition) is 1. The molecule has 0 saturated carbocycles. The molecule has 0 atom stereocenters. The summed E-state index contributed by atoms with van der Waals surface area (Å²) >= 11 is 12.3. The second kappa shape index (κ2) is 9.65. The van der Waals surface area contributed by atoms with Gasteiger partial charge in [-0.2, -0.15) is 0 Å². The number of carbonyl (C=O) groups is 2. The fraction of sp³-hybridized carbons (Fsp3) is 0.217. The minimum atomic E-state index is -0.495. The number of carbonyl (C=O) groups excluding carboxylic acids is 2. The molecule has 1 amide bonds. The zero-order valence-corrected chi connectivity index (χ0v) is 18.7. The van der Waals surface area contributed by atoms with Crippen molar-refractivity contribution >= 4 is 46.5 Å². The molecule has 1 aliphatic heterocycles. The van der Waals surface area contributed by atoms with Gasteiger partial charge in [-0.1, -0.05) is 29.3 Å². The third-order valence-electron chi connectivity index (χ3n) is 5.06. The molecular formula is C23H20Cl2N2O5. The van der Waals surface area contributed by atoms with Crippen molar-refractivity contribution in [1.82, 2.24) is 0 Å². The molecule has 0 spiro atoms. The number of anilines is 2. The standard InChI is InChI=1S/C23H20Cl2N2O5/c1-30-23(29)14-5-6-18(27-9-11-31-12-10-27)17(13-14)26-22(28)20-8-7-19(32-20)15-3-2-4-16(24)21(15)25/h2-8,13H,9-12H2,1H3,(H,26,28). The number of benzene rings is 2. The van der Waals surface area contributed by atoms with Crippen LogP contribution in [0.3, 0.4) is 0 Å². The molecule has 9 heteroatoms.